The number of methoxy groups -OCH3 is 1. The van der Waals surface area contributed by atoms with Gasteiger partial charge in [-0.2, -0.15) is 0 Å². The molecule has 0 saturated heterocycles. The van der Waals surface area contributed by atoms with Crippen molar-refractivity contribution in [2.24, 2.45) is 5.92 Å². The molecule has 1 heterocycles. The summed E-state index contributed by atoms with van der Waals surface area (Å²) in [7, 11) is -1.91. The van der Waals surface area contributed by atoms with Crippen molar-refractivity contribution in [3.05, 3.63) is 23.7 Å². The third-order valence-corrected chi connectivity index (χ3v) is 4.92. The fourth-order valence-electron chi connectivity index (χ4n) is 2.09. The van der Waals surface area contributed by atoms with Gasteiger partial charge in [-0.15, -0.1) is 0 Å². The van der Waals surface area contributed by atoms with Crippen molar-refractivity contribution in [1.82, 2.24) is 4.72 Å². The predicted octanol–water partition coefficient (Wildman–Crippen LogP) is 1.88. The first-order valence-corrected chi connectivity index (χ1v) is 9.34. The van der Waals surface area contributed by atoms with Crippen LogP contribution < -0.4 is 4.72 Å². The first-order valence-electron chi connectivity index (χ1n) is 7.69. The number of sulfonamides is 1. The molecule has 1 saturated carbocycles. The summed E-state index contributed by atoms with van der Waals surface area (Å²) < 4.78 is 43.0. The summed E-state index contributed by atoms with van der Waals surface area (Å²) in [5.41, 5.74) is 0. The Bertz CT molecular complexity index is 550. The molecule has 6 nitrogen and oxygen atoms in total. The Balaban J connectivity index is 1.87. The van der Waals surface area contributed by atoms with Gasteiger partial charge in [-0.1, -0.05) is 6.92 Å². The zero-order valence-corrected chi connectivity index (χ0v) is 14.0. The number of ether oxygens (including phenoxy) is 2. The minimum absolute atomic E-state index is 0.0543. The maximum absolute atomic E-state index is 12.1. The zero-order chi connectivity index (χ0) is 16.0. The Morgan fingerprint density at radius 3 is 2.77 bits per heavy atom. The Labute approximate surface area is 132 Å². The van der Waals surface area contributed by atoms with E-state index in [1.54, 1.807) is 6.07 Å². The van der Waals surface area contributed by atoms with Gasteiger partial charge in [-0.05, 0) is 30.9 Å². The lowest BCUT2D eigenvalue weighted by Gasteiger charge is -2.16. The van der Waals surface area contributed by atoms with E-state index in [4.69, 9.17) is 13.9 Å². The van der Waals surface area contributed by atoms with Crippen LogP contribution in [0.5, 0.6) is 0 Å². The highest BCUT2D eigenvalue weighted by molar-refractivity contribution is 7.89. The van der Waals surface area contributed by atoms with Crippen LogP contribution in [-0.4, -0.2) is 41.1 Å². The monoisotopic (exact) mass is 331 g/mol. The maximum atomic E-state index is 12.1. The molecule has 1 aromatic rings. The maximum Gasteiger partial charge on any atom is 0.214 e. The Hall–Kier alpha value is -0.890. The molecule has 126 valence electrons. The molecule has 1 atom stereocenters. The van der Waals surface area contributed by atoms with Crippen LogP contribution in [0.3, 0.4) is 0 Å². The largest absolute Gasteiger partial charge is 0.464 e. The molecule has 0 unspecified atom stereocenters. The Kier molecular flexibility index (Phi) is 6.43. The SMILES string of the molecule is CCc1ccc([C@H](COC)NS(=O)(=O)CCOCC2CC2)o1. The summed E-state index contributed by atoms with van der Waals surface area (Å²) in [6, 6.07) is 3.12. The van der Waals surface area contributed by atoms with Gasteiger partial charge in [-0.3, -0.25) is 0 Å². The molecule has 0 aliphatic heterocycles. The molecule has 0 radical (unpaired) electrons. The standard InChI is InChI=1S/C15H25NO5S/c1-3-13-6-7-15(21-13)14(11-19-2)16-22(17,18)9-8-20-10-12-4-5-12/h6-7,12,14,16H,3-5,8-11H2,1-2H3/t14-/m0/s1. The minimum Gasteiger partial charge on any atom is -0.464 e. The van der Waals surface area contributed by atoms with Crippen LogP contribution in [0.2, 0.25) is 0 Å². The van der Waals surface area contributed by atoms with E-state index < -0.39 is 16.1 Å². The highest BCUT2D eigenvalue weighted by Gasteiger charge is 2.24. The summed E-state index contributed by atoms with van der Waals surface area (Å²) in [6.45, 7) is 3.08. The smallest absolute Gasteiger partial charge is 0.214 e. The first-order chi connectivity index (χ1) is 10.5. The third-order valence-electron chi connectivity index (χ3n) is 3.58. The van der Waals surface area contributed by atoms with E-state index in [-0.39, 0.29) is 19.0 Å². The van der Waals surface area contributed by atoms with Gasteiger partial charge < -0.3 is 13.9 Å². The average Bonchev–Trinajstić information content (AvgIpc) is 3.17. The van der Waals surface area contributed by atoms with Crippen molar-refractivity contribution < 1.29 is 22.3 Å². The van der Waals surface area contributed by atoms with Crippen LogP contribution in [-0.2, 0) is 25.9 Å². The lowest BCUT2D eigenvalue weighted by atomic mass is 10.2. The Morgan fingerprint density at radius 2 is 2.18 bits per heavy atom. The molecular formula is C15H25NO5S. The Morgan fingerprint density at radius 1 is 1.41 bits per heavy atom. The predicted molar refractivity (Wildman–Crippen MR) is 83.2 cm³/mol. The van der Waals surface area contributed by atoms with Gasteiger partial charge in [0.25, 0.3) is 0 Å². The van der Waals surface area contributed by atoms with Gasteiger partial charge in [0.05, 0.1) is 19.0 Å². The molecular weight excluding hydrogens is 306 g/mol. The van der Waals surface area contributed by atoms with E-state index in [9.17, 15) is 8.42 Å². The third kappa shape index (κ3) is 5.72. The lowest BCUT2D eigenvalue weighted by Crippen LogP contribution is -2.34. The fourth-order valence-corrected chi connectivity index (χ4v) is 3.16. The molecule has 1 N–H and O–H groups in total. The number of nitrogens with one attached hydrogen (secondary N) is 1. The van der Waals surface area contributed by atoms with E-state index in [1.165, 1.54) is 20.0 Å². The second-order valence-corrected chi connectivity index (χ2v) is 7.49. The number of rotatable bonds is 11. The molecule has 0 spiro atoms. The lowest BCUT2D eigenvalue weighted by molar-refractivity contribution is 0.138. The molecule has 1 aromatic heterocycles. The van der Waals surface area contributed by atoms with E-state index in [0.29, 0.717) is 18.3 Å². The molecule has 2 rings (SSSR count). The zero-order valence-electron chi connectivity index (χ0n) is 13.2. The highest BCUT2D eigenvalue weighted by atomic mass is 32.2. The van der Waals surface area contributed by atoms with E-state index in [0.717, 1.165) is 12.2 Å². The molecule has 0 bridgehead atoms. The number of hydrogen-bond acceptors (Lipinski definition) is 5. The normalized spacial score (nSPS) is 16.8. The van der Waals surface area contributed by atoms with E-state index in [2.05, 4.69) is 4.72 Å². The number of hydrogen-bond donors (Lipinski definition) is 1. The molecule has 1 aliphatic rings. The van der Waals surface area contributed by atoms with Crippen molar-refractivity contribution in [3.63, 3.8) is 0 Å². The van der Waals surface area contributed by atoms with Gasteiger partial charge in [0.1, 0.15) is 17.6 Å². The quantitative estimate of drug-likeness (QED) is 0.626. The summed E-state index contributed by atoms with van der Waals surface area (Å²) in [4.78, 5) is 0. The van der Waals surface area contributed by atoms with Crippen LogP contribution in [0.4, 0.5) is 0 Å². The van der Waals surface area contributed by atoms with Crippen LogP contribution in [0, 0.1) is 5.92 Å². The van der Waals surface area contributed by atoms with Gasteiger partial charge >= 0.3 is 0 Å². The number of furan rings is 1. The molecule has 1 fully saturated rings. The summed E-state index contributed by atoms with van der Waals surface area (Å²) in [5, 5.41) is 0. The second-order valence-electron chi connectivity index (χ2n) is 5.62. The van der Waals surface area contributed by atoms with Crippen molar-refractivity contribution >= 4 is 10.0 Å². The van der Waals surface area contributed by atoms with Gasteiger partial charge in [0, 0.05) is 20.1 Å². The van der Waals surface area contributed by atoms with E-state index in [1.807, 2.05) is 13.0 Å². The molecule has 1 aliphatic carbocycles. The van der Waals surface area contributed by atoms with Crippen LogP contribution in [0.1, 0.15) is 37.3 Å². The van der Waals surface area contributed by atoms with Crippen molar-refractivity contribution in [2.45, 2.75) is 32.2 Å². The summed E-state index contributed by atoms with van der Waals surface area (Å²) in [6.07, 6.45) is 3.15. The van der Waals surface area contributed by atoms with Gasteiger partial charge in [-0.25, -0.2) is 13.1 Å². The molecule has 7 heteroatoms. The topological polar surface area (TPSA) is 77.8 Å². The van der Waals surface area contributed by atoms with Crippen LogP contribution in [0.15, 0.2) is 16.5 Å². The van der Waals surface area contributed by atoms with Gasteiger partial charge in [0.2, 0.25) is 10.0 Å². The first kappa shape index (κ1) is 17.5. The van der Waals surface area contributed by atoms with Crippen molar-refractivity contribution in [3.8, 4) is 0 Å². The van der Waals surface area contributed by atoms with Gasteiger partial charge in [0.15, 0.2) is 0 Å². The van der Waals surface area contributed by atoms with Crippen LogP contribution in [0.25, 0.3) is 0 Å². The molecule has 0 aromatic carbocycles. The van der Waals surface area contributed by atoms with E-state index >= 15 is 0 Å². The highest BCUT2D eigenvalue weighted by Crippen LogP contribution is 2.28. The molecule has 22 heavy (non-hydrogen) atoms. The fraction of sp³-hybridized carbons (Fsp3) is 0.733. The van der Waals surface area contributed by atoms with Crippen molar-refractivity contribution in [1.29, 1.82) is 0 Å². The average molecular weight is 331 g/mol. The minimum atomic E-state index is -3.44. The number of aryl methyl sites for hydroxylation is 1. The summed E-state index contributed by atoms with van der Waals surface area (Å²) >= 11 is 0. The summed E-state index contributed by atoms with van der Waals surface area (Å²) in [5.74, 6) is 1.97. The molecule has 0 amide bonds. The second kappa shape index (κ2) is 8.10. The van der Waals surface area contributed by atoms with Crippen LogP contribution >= 0.6 is 0 Å². The van der Waals surface area contributed by atoms with Crippen molar-refractivity contribution in [2.75, 3.05) is 32.7 Å².